The molecule has 2 aromatic rings. The predicted octanol–water partition coefficient (Wildman–Crippen LogP) is 3.30. The normalized spacial score (nSPS) is 21.6. The van der Waals surface area contributed by atoms with Gasteiger partial charge in [-0.05, 0) is 24.1 Å². The Balaban J connectivity index is 1.55. The molecule has 0 aliphatic carbocycles. The molecule has 24 heavy (non-hydrogen) atoms. The lowest BCUT2D eigenvalue weighted by Gasteiger charge is -2.29. The Kier molecular flexibility index (Phi) is 4.52. The van der Waals surface area contributed by atoms with Crippen molar-refractivity contribution in [2.45, 2.75) is 24.7 Å². The summed E-state index contributed by atoms with van der Waals surface area (Å²) in [5.74, 6) is 0.0968. The van der Waals surface area contributed by atoms with Crippen molar-refractivity contribution >= 4 is 0 Å². The number of para-hydroxylation sites is 1. The van der Waals surface area contributed by atoms with Crippen LogP contribution in [0.1, 0.15) is 17.5 Å². The van der Waals surface area contributed by atoms with Gasteiger partial charge in [0, 0.05) is 6.42 Å². The fourth-order valence-electron chi connectivity index (χ4n) is 3.10. The van der Waals surface area contributed by atoms with Crippen molar-refractivity contribution in [3.63, 3.8) is 0 Å². The zero-order valence-corrected chi connectivity index (χ0v) is 13.6. The van der Waals surface area contributed by atoms with Gasteiger partial charge in [0.25, 0.3) is 0 Å². The fraction of sp³-hybridized carbons (Fsp3) is 0.400. The molecule has 2 fully saturated rings. The molecule has 0 radical (unpaired) electrons. The molecule has 0 N–H and O–H groups in total. The Morgan fingerprint density at radius 2 is 1.67 bits per heavy atom. The molecule has 126 valence electrons. The third kappa shape index (κ3) is 3.46. The highest BCUT2D eigenvalue weighted by Gasteiger charge is 2.40. The summed E-state index contributed by atoms with van der Waals surface area (Å²) in [4.78, 5) is 0. The molecule has 2 heterocycles. The molecule has 0 aromatic heterocycles. The summed E-state index contributed by atoms with van der Waals surface area (Å²) in [7, 11) is 0. The molecule has 4 rings (SSSR count). The van der Waals surface area contributed by atoms with E-state index < -0.39 is 5.79 Å². The van der Waals surface area contributed by atoms with E-state index in [4.69, 9.17) is 18.9 Å². The Bertz CT molecular complexity index is 660. The number of rotatable bonds is 7. The third-order valence-electron chi connectivity index (χ3n) is 4.46. The number of hydrogen-bond donors (Lipinski definition) is 0. The van der Waals surface area contributed by atoms with Gasteiger partial charge in [-0.15, -0.1) is 0 Å². The van der Waals surface area contributed by atoms with Crippen molar-refractivity contribution in [2.75, 3.05) is 26.4 Å². The quantitative estimate of drug-likeness (QED) is 0.732. The van der Waals surface area contributed by atoms with E-state index in [0.717, 1.165) is 30.8 Å². The molecule has 4 heteroatoms. The Morgan fingerprint density at radius 1 is 0.958 bits per heavy atom. The zero-order valence-electron chi connectivity index (χ0n) is 13.6. The highest BCUT2D eigenvalue weighted by Crippen LogP contribution is 2.40. The maximum Gasteiger partial charge on any atom is 0.198 e. The minimum atomic E-state index is -0.725. The maximum atomic E-state index is 6.08. The molecule has 2 saturated heterocycles. The second-order valence-corrected chi connectivity index (χ2v) is 6.20. The van der Waals surface area contributed by atoms with Gasteiger partial charge in [0.05, 0.1) is 25.4 Å². The van der Waals surface area contributed by atoms with E-state index in [-0.39, 0.29) is 6.10 Å². The second-order valence-electron chi connectivity index (χ2n) is 6.20. The van der Waals surface area contributed by atoms with Gasteiger partial charge in [-0.2, -0.15) is 0 Å². The highest BCUT2D eigenvalue weighted by molar-refractivity contribution is 5.37. The second kappa shape index (κ2) is 6.93. The summed E-state index contributed by atoms with van der Waals surface area (Å²) in [5, 5.41) is 0. The van der Waals surface area contributed by atoms with Crippen LogP contribution in [0.15, 0.2) is 54.6 Å². The lowest BCUT2D eigenvalue weighted by atomic mass is 9.97. The first-order valence-corrected chi connectivity index (χ1v) is 8.51. The van der Waals surface area contributed by atoms with Crippen LogP contribution >= 0.6 is 0 Å². The van der Waals surface area contributed by atoms with Crippen molar-refractivity contribution in [1.82, 2.24) is 0 Å². The van der Waals surface area contributed by atoms with Crippen LogP contribution < -0.4 is 4.74 Å². The molecule has 0 unspecified atom stereocenters. The average molecular weight is 326 g/mol. The van der Waals surface area contributed by atoms with E-state index in [1.54, 1.807) is 0 Å². The van der Waals surface area contributed by atoms with Crippen LogP contribution in [-0.2, 0) is 26.4 Å². The lowest BCUT2D eigenvalue weighted by molar-refractivity contribution is -0.171. The molecule has 2 aliphatic rings. The first kappa shape index (κ1) is 15.6. The van der Waals surface area contributed by atoms with Gasteiger partial charge in [-0.3, -0.25) is 0 Å². The SMILES string of the molecule is c1ccc(CCC2(c3ccccc3OC[C@@H]3CO3)OCCO2)cc1. The maximum absolute atomic E-state index is 6.08. The molecule has 0 amide bonds. The van der Waals surface area contributed by atoms with Crippen LogP contribution in [0.4, 0.5) is 0 Å². The van der Waals surface area contributed by atoms with Crippen LogP contribution in [0.2, 0.25) is 0 Å². The van der Waals surface area contributed by atoms with Crippen LogP contribution in [-0.4, -0.2) is 32.5 Å². The predicted molar refractivity (Wildman–Crippen MR) is 90.0 cm³/mol. The largest absolute Gasteiger partial charge is 0.490 e. The van der Waals surface area contributed by atoms with E-state index in [0.29, 0.717) is 19.8 Å². The standard InChI is InChI=1S/C20H22O4/c1-2-6-16(7-3-1)10-11-20(23-12-13-24-20)18-8-4-5-9-19(18)22-15-17-14-21-17/h1-9,17H,10-15H2/t17-/m0/s1. The summed E-state index contributed by atoms with van der Waals surface area (Å²) in [5.41, 5.74) is 2.25. The summed E-state index contributed by atoms with van der Waals surface area (Å²) in [6, 6.07) is 18.4. The highest BCUT2D eigenvalue weighted by atomic mass is 16.7. The van der Waals surface area contributed by atoms with E-state index in [1.165, 1.54) is 5.56 Å². The van der Waals surface area contributed by atoms with Crippen molar-refractivity contribution in [1.29, 1.82) is 0 Å². The zero-order chi connectivity index (χ0) is 16.2. The van der Waals surface area contributed by atoms with E-state index >= 15 is 0 Å². The molecule has 0 spiro atoms. The van der Waals surface area contributed by atoms with Crippen LogP contribution in [0, 0.1) is 0 Å². The minimum absolute atomic E-state index is 0.226. The van der Waals surface area contributed by atoms with Gasteiger partial charge >= 0.3 is 0 Å². The van der Waals surface area contributed by atoms with Gasteiger partial charge in [0.1, 0.15) is 18.5 Å². The van der Waals surface area contributed by atoms with Gasteiger partial charge in [-0.1, -0.05) is 42.5 Å². The first-order chi connectivity index (χ1) is 11.9. The van der Waals surface area contributed by atoms with Crippen molar-refractivity contribution in [3.05, 3.63) is 65.7 Å². The number of aryl methyl sites for hydroxylation is 1. The summed E-state index contributed by atoms with van der Waals surface area (Å²) < 4.78 is 23.4. The fourth-order valence-corrected chi connectivity index (χ4v) is 3.10. The molecule has 0 bridgehead atoms. The molecule has 1 atom stereocenters. The summed E-state index contributed by atoms with van der Waals surface area (Å²) in [6.07, 6.45) is 1.88. The molecule has 0 saturated carbocycles. The molecule has 2 aliphatic heterocycles. The number of benzene rings is 2. The molecule has 4 nitrogen and oxygen atoms in total. The summed E-state index contributed by atoms with van der Waals surface area (Å²) >= 11 is 0. The van der Waals surface area contributed by atoms with E-state index in [9.17, 15) is 0 Å². The topological polar surface area (TPSA) is 40.2 Å². The van der Waals surface area contributed by atoms with Crippen molar-refractivity contribution in [2.24, 2.45) is 0 Å². The van der Waals surface area contributed by atoms with Crippen molar-refractivity contribution in [3.8, 4) is 5.75 Å². The monoisotopic (exact) mass is 326 g/mol. The van der Waals surface area contributed by atoms with Crippen LogP contribution in [0.5, 0.6) is 5.75 Å². The minimum Gasteiger partial charge on any atom is -0.490 e. The molecular formula is C20H22O4. The Labute approximate surface area is 142 Å². The van der Waals surface area contributed by atoms with Gasteiger partial charge < -0.3 is 18.9 Å². The van der Waals surface area contributed by atoms with Crippen LogP contribution in [0.25, 0.3) is 0 Å². The Morgan fingerprint density at radius 3 is 2.42 bits per heavy atom. The van der Waals surface area contributed by atoms with Gasteiger partial charge in [-0.25, -0.2) is 0 Å². The van der Waals surface area contributed by atoms with E-state index in [1.807, 2.05) is 30.3 Å². The average Bonchev–Trinajstić information content (AvgIpc) is 3.35. The molecule has 2 aromatic carbocycles. The van der Waals surface area contributed by atoms with E-state index in [2.05, 4.69) is 24.3 Å². The number of ether oxygens (including phenoxy) is 4. The van der Waals surface area contributed by atoms with Gasteiger partial charge in [0.15, 0.2) is 5.79 Å². The Hall–Kier alpha value is -1.88. The summed E-state index contributed by atoms with van der Waals surface area (Å²) in [6.45, 7) is 2.57. The van der Waals surface area contributed by atoms with Crippen molar-refractivity contribution < 1.29 is 18.9 Å². The molecular weight excluding hydrogens is 304 g/mol. The third-order valence-corrected chi connectivity index (χ3v) is 4.46. The number of epoxide rings is 1. The smallest absolute Gasteiger partial charge is 0.198 e. The first-order valence-electron chi connectivity index (χ1n) is 8.51. The van der Waals surface area contributed by atoms with Gasteiger partial charge in [0.2, 0.25) is 0 Å². The number of hydrogen-bond acceptors (Lipinski definition) is 4. The lowest BCUT2D eigenvalue weighted by Crippen LogP contribution is -2.29. The van der Waals surface area contributed by atoms with Crippen LogP contribution in [0.3, 0.4) is 0 Å².